The van der Waals surface area contributed by atoms with Gasteiger partial charge in [-0.2, -0.15) is 8.42 Å². The molecule has 1 fully saturated rings. The summed E-state index contributed by atoms with van der Waals surface area (Å²) < 4.78 is 54.3. The van der Waals surface area contributed by atoms with Gasteiger partial charge in [0.05, 0.1) is 6.61 Å². The fourth-order valence-electron chi connectivity index (χ4n) is 8.44. The van der Waals surface area contributed by atoms with E-state index in [1.54, 1.807) is 0 Å². The summed E-state index contributed by atoms with van der Waals surface area (Å²) in [7, 11) is -4.60. The Balaban J connectivity index is 2.34. The van der Waals surface area contributed by atoms with Gasteiger partial charge in [0, 0.05) is 12.8 Å². The van der Waals surface area contributed by atoms with E-state index in [0.717, 1.165) is 38.5 Å². The maximum Gasteiger partial charge on any atom is 0.306 e. The van der Waals surface area contributed by atoms with Crippen LogP contribution in [0.1, 0.15) is 251 Å². The molecule has 2 unspecified atom stereocenters. The minimum atomic E-state index is -4.60. The van der Waals surface area contributed by atoms with Crippen LogP contribution in [-0.2, 0) is 38.7 Å². The Kier molecular flexibility index (Phi) is 40.1. The van der Waals surface area contributed by atoms with Crippen LogP contribution in [0.5, 0.6) is 0 Å². The van der Waals surface area contributed by atoms with Crippen molar-refractivity contribution >= 4 is 22.1 Å². The van der Waals surface area contributed by atoms with Crippen molar-refractivity contribution < 1.29 is 56.8 Å². The molecule has 0 aromatic carbocycles. The number of esters is 2. The van der Waals surface area contributed by atoms with Crippen LogP contribution in [0.15, 0.2) is 12.2 Å². The molecule has 1 aliphatic rings. The second-order valence-electron chi connectivity index (χ2n) is 18.9. The first kappa shape index (κ1) is 61.4. The van der Waals surface area contributed by atoms with Crippen LogP contribution in [0.25, 0.3) is 0 Å². The zero-order chi connectivity index (χ0) is 47.6. The molecular formula is C52H98O12S. The molecule has 1 saturated heterocycles. The van der Waals surface area contributed by atoms with Gasteiger partial charge < -0.3 is 34.3 Å². The average Bonchev–Trinajstić information content (AvgIpc) is 3.27. The Labute approximate surface area is 396 Å². The lowest BCUT2D eigenvalue weighted by Gasteiger charge is -2.40. The van der Waals surface area contributed by atoms with E-state index in [0.29, 0.717) is 12.8 Å². The SMILES string of the molecule is CCCCCC/C=C/CCCCCCCCCCCC(=O)OC[C@H](CO[C@H]1O[C@H](CS(=O)(=O)O)[C@@H](O)C(O)C1O)OC(=O)CCCCCCCCCCCCCCCCCCCCCC. The zero-order valence-corrected chi connectivity index (χ0v) is 42.2. The first-order valence-electron chi connectivity index (χ1n) is 26.7. The summed E-state index contributed by atoms with van der Waals surface area (Å²) in [6, 6.07) is 0. The number of hydrogen-bond donors (Lipinski definition) is 4. The Morgan fingerprint density at radius 2 is 0.877 bits per heavy atom. The molecule has 0 aliphatic carbocycles. The van der Waals surface area contributed by atoms with Crippen LogP contribution in [0.3, 0.4) is 0 Å². The quantitative estimate of drug-likeness (QED) is 0.0196. The summed E-state index contributed by atoms with van der Waals surface area (Å²) in [5.41, 5.74) is 0. The highest BCUT2D eigenvalue weighted by molar-refractivity contribution is 7.85. The lowest BCUT2D eigenvalue weighted by Crippen LogP contribution is -2.60. The Morgan fingerprint density at radius 1 is 0.508 bits per heavy atom. The fraction of sp³-hybridized carbons (Fsp3) is 0.923. The summed E-state index contributed by atoms with van der Waals surface area (Å²) in [5.74, 6) is -1.97. The van der Waals surface area contributed by atoms with Crippen LogP contribution in [0, 0.1) is 0 Å². The van der Waals surface area contributed by atoms with Crippen LogP contribution < -0.4 is 0 Å². The largest absolute Gasteiger partial charge is 0.462 e. The summed E-state index contributed by atoms with van der Waals surface area (Å²) >= 11 is 0. The van der Waals surface area contributed by atoms with Crippen molar-refractivity contribution in [2.24, 2.45) is 0 Å². The van der Waals surface area contributed by atoms with Crippen LogP contribution in [0.4, 0.5) is 0 Å². The number of hydrogen-bond acceptors (Lipinski definition) is 11. The molecule has 1 heterocycles. The number of carbonyl (C=O) groups excluding carboxylic acids is 2. The van der Waals surface area contributed by atoms with Gasteiger partial charge in [0.25, 0.3) is 10.1 Å². The third kappa shape index (κ3) is 37.0. The molecule has 6 atom stereocenters. The minimum absolute atomic E-state index is 0.171. The lowest BCUT2D eigenvalue weighted by molar-refractivity contribution is -0.297. The second-order valence-corrected chi connectivity index (χ2v) is 20.4. The van der Waals surface area contributed by atoms with E-state index < -0.39 is 71.2 Å². The van der Waals surface area contributed by atoms with E-state index in [1.807, 2.05) is 0 Å². The van der Waals surface area contributed by atoms with Gasteiger partial charge in [-0.1, -0.05) is 212 Å². The van der Waals surface area contributed by atoms with Crippen molar-refractivity contribution in [3.63, 3.8) is 0 Å². The van der Waals surface area contributed by atoms with Crippen LogP contribution >= 0.6 is 0 Å². The molecule has 0 spiro atoms. The molecule has 1 aliphatic heterocycles. The molecule has 13 heteroatoms. The van der Waals surface area contributed by atoms with Crippen molar-refractivity contribution in [1.82, 2.24) is 0 Å². The van der Waals surface area contributed by atoms with E-state index in [1.165, 1.54) is 173 Å². The summed E-state index contributed by atoms with van der Waals surface area (Å²) in [4.78, 5) is 25.5. The van der Waals surface area contributed by atoms with Crippen molar-refractivity contribution in [3.8, 4) is 0 Å². The maximum absolute atomic E-state index is 12.9. The number of carbonyl (C=O) groups is 2. The van der Waals surface area contributed by atoms with Gasteiger partial charge in [0.1, 0.15) is 36.8 Å². The molecule has 4 N–H and O–H groups in total. The van der Waals surface area contributed by atoms with E-state index in [4.69, 9.17) is 18.9 Å². The number of aliphatic hydroxyl groups excluding tert-OH is 3. The van der Waals surface area contributed by atoms with E-state index in [9.17, 15) is 37.9 Å². The summed E-state index contributed by atoms with van der Waals surface area (Å²) in [5, 5.41) is 31.0. The molecule has 65 heavy (non-hydrogen) atoms. The average molecular weight is 947 g/mol. The third-order valence-electron chi connectivity index (χ3n) is 12.6. The van der Waals surface area contributed by atoms with Gasteiger partial charge in [-0.25, -0.2) is 0 Å². The molecule has 0 aromatic rings. The third-order valence-corrected chi connectivity index (χ3v) is 13.3. The number of unbranched alkanes of at least 4 members (excludes halogenated alkanes) is 32. The van der Waals surface area contributed by atoms with Crippen molar-refractivity contribution in [1.29, 1.82) is 0 Å². The summed E-state index contributed by atoms with van der Waals surface area (Å²) in [6.45, 7) is 3.80. The van der Waals surface area contributed by atoms with E-state index in [-0.39, 0.29) is 19.4 Å². The van der Waals surface area contributed by atoms with Gasteiger partial charge >= 0.3 is 11.9 Å². The van der Waals surface area contributed by atoms with Crippen molar-refractivity contribution in [2.45, 2.75) is 288 Å². The zero-order valence-electron chi connectivity index (χ0n) is 41.4. The molecule has 1 rings (SSSR count). The summed E-state index contributed by atoms with van der Waals surface area (Å²) in [6.07, 6.45) is 38.2. The lowest BCUT2D eigenvalue weighted by atomic mass is 10.00. The minimum Gasteiger partial charge on any atom is -0.462 e. The molecule has 0 amide bonds. The normalized spacial score (nSPS) is 19.5. The van der Waals surface area contributed by atoms with E-state index >= 15 is 0 Å². The van der Waals surface area contributed by atoms with Crippen LogP contribution in [-0.4, -0.2) is 96.0 Å². The van der Waals surface area contributed by atoms with Crippen molar-refractivity contribution in [3.05, 3.63) is 12.2 Å². The first-order valence-corrected chi connectivity index (χ1v) is 28.4. The highest BCUT2D eigenvalue weighted by Crippen LogP contribution is 2.24. The number of aliphatic hydroxyl groups is 3. The topological polar surface area (TPSA) is 186 Å². The van der Waals surface area contributed by atoms with E-state index in [2.05, 4.69) is 26.0 Å². The fourth-order valence-corrected chi connectivity index (χ4v) is 9.13. The molecule has 0 saturated carbocycles. The smallest absolute Gasteiger partial charge is 0.306 e. The highest BCUT2D eigenvalue weighted by atomic mass is 32.2. The van der Waals surface area contributed by atoms with Gasteiger partial charge in [0.2, 0.25) is 0 Å². The van der Waals surface area contributed by atoms with Gasteiger partial charge in [-0.15, -0.1) is 0 Å². The number of ether oxygens (including phenoxy) is 4. The Morgan fingerprint density at radius 3 is 1.29 bits per heavy atom. The molecular weight excluding hydrogens is 849 g/mol. The number of allylic oxidation sites excluding steroid dienone is 2. The van der Waals surface area contributed by atoms with Gasteiger partial charge in [0.15, 0.2) is 12.4 Å². The monoisotopic (exact) mass is 947 g/mol. The Hall–Kier alpha value is -1.61. The molecule has 0 radical (unpaired) electrons. The molecule has 12 nitrogen and oxygen atoms in total. The first-order chi connectivity index (χ1) is 31.5. The highest BCUT2D eigenvalue weighted by Gasteiger charge is 2.46. The van der Waals surface area contributed by atoms with Gasteiger partial charge in [-0.05, 0) is 38.5 Å². The molecule has 0 aromatic heterocycles. The predicted molar refractivity (Wildman–Crippen MR) is 261 cm³/mol. The van der Waals surface area contributed by atoms with Crippen molar-refractivity contribution in [2.75, 3.05) is 19.0 Å². The predicted octanol–water partition coefficient (Wildman–Crippen LogP) is 12.2. The van der Waals surface area contributed by atoms with Gasteiger partial charge in [-0.3, -0.25) is 14.1 Å². The number of rotatable bonds is 46. The molecule has 384 valence electrons. The molecule has 0 bridgehead atoms. The maximum atomic E-state index is 12.9. The second kappa shape index (κ2) is 42.5. The van der Waals surface area contributed by atoms with Crippen LogP contribution in [0.2, 0.25) is 0 Å². The Bertz CT molecular complexity index is 1250. The standard InChI is InChI=1S/C52H98O12S/c1-3-5-7-9-11-13-15-17-19-21-22-23-25-27-29-31-33-35-37-39-41-48(54)63-45(43-62-52-51(57)50(56)49(55)46(64-52)44-65(58,59)60)42-61-47(53)40-38-36-34-32-30-28-26-24-20-18-16-14-12-10-8-6-4-2/h14,16,45-46,49-52,55-57H,3-13,15,17-44H2,1-2H3,(H,58,59,60)/b16-14+/t45-,46-,49-,50?,51?,52+/m1/s1.